The van der Waals surface area contributed by atoms with Crippen LogP contribution in [0.15, 0.2) is 60.0 Å². The third-order valence-electron chi connectivity index (χ3n) is 5.32. The zero-order chi connectivity index (χ0) is 21.6. The maximum absolute atomic E-state index is 12.7. The highest BCUT2D eigenvalue weighted by atomic mass is 32.1. The second kappa shape index (κ2) is 9.79. The molecule has 0 bridgehead atoms. The van der Waals surface area contributed by atoms with E-state index in [0.29, 0.717) is 6.61 Å². The minimum atomic E-state index is 0.0359. The summed E-state index contributed by atoms with van der Waals surface area (Å²) in [6.07, 6.45) is 3.49. The van der Waals surface area contributed by atoms with Gasteiger partial charge in [-0.2, -0.15) is 0 Å². The van der Waals surface area contributed by atoms with E-state index in [1.165, 1.54) is 11.3 Å². The van der Waals surface area contributed by atoms with E-state index in [4.69, 9.17) is 4.74 Å². The van der Waals surface area contributed by atoms with Crippen molar-refractivity contribution in [3.8, 4) is 5.75 Å². The molecule has 2 aromatic carbocycles. The van der Waals surface area contributed by atoms with Gasteiger partial charge in [0.25, 0.3) is 0 Å². The van der Waals surface area contributed by atoms with Gasteiger partial charge in [-0.1, -0.05) is 30.3 Å². The fraction of sp³-hybridized carbons (Fsp3) is 0.280. The van der Waals surface area contributed by atoms with E-state index < -0.39 is 0 Å². The normalized spacial score (nSPS) is 14.3. The van der Waals surface area contributed by atoms with Crippen molar-refractivity contribution in [1.29, 1.82) is 0 Å². The van der Waals surface area contributed by atoms with Crippen LogP contribution in [0.5, 0.6) is 5.75 Å². The van der Waals surface area contributed by atoms with Crippen molar-refractivity contribution in [3.63, 3.8) is 0 Å². The largest absolute Gasteiger partial charge is 0.487 e. The molecular formula is C25H27N3O2S. The molecule has 4 rings (SSSR count). The highest BCUT2D eigenvalue weighted by molar-refractivity contribution is 7.09. The fourth-order valence-electron chi connectivity index (χ4n) is 3.65. The molecule has 3 aromatic rings. The number of carbonyl (C=O) groups is 1. The molecule has 160 valence electrons. The molecule has 0 unspecified atom stereocenters. The molecule has 0 N–H and O–H groups in total. The maximum Gasteiger partial charge on any atom is 0.246 e. The van der Waals surface area contributed by atoms with Crippen LogP contribution in [-0.2, 0) is 11.4 Å². The van der Waals surface area contributed by atoms with E-state index in [-0.39, 0.29) is 5.91 Å². The third kappa shape index (κ3) is 5.52. The van der Waals surface area contributed by atoms with Crippen LogP contribution in [0.4, 0.5) is 5.69 Å². The molecule has 5 nitrogen and oxygen atoms in total. The number of carbonyl (C=O) groups excluding carboxylic acids is 1. The minimum absolute atomic E-state index is 0.0359. The van der Waals surface area contributed by atoms with Gasteiger partial charge in [0.2, 0.25) is 5.91 Å². The summed E-state index contributed by atoms with van der Waals surface area (Å²) in [4.78, 5) is 21.4. The third-order valence-corrected chi connectivity index (χ3v) is 6.15. The number of benzene rings is 2. The summed E-state index contributed by atoms with van der Waals surface area (Å²) >= 11 is 1.61. The van der Waals surface area contributed by atoms with E-state index in [2.05, 4.69) is 41.1 Å². The monoisotopic (exact) mass is 433 g/mol. The summed E-state index contributed by atoms with van der Waals surface area (Å²) in [6, 6.07) is 16.3. The lowest BCUT2D eigenvalue weighted by atomic mass is 10.1. The molecule has 1 saturated heterocycles. The zero-order valence-electron chi connectivity index (χ0n) is 18.0. The van der Waals surface area contributed by atoms with Gasteiger partial charge in [0, 0.05) is 48.9 Å². The van der Waals surface area contributed by atoms with Gasteiger partial charge in [-0.15, -0.1) is 11.3 Å². The molecule has 1 aliphatic rings. The molecule has 0 aliphatic carbocycles. The van der Waals surface area contributed by atoms with Crippen molar-refractivity contribution in [2.45, 2.75) is 20.5 Å². The highest BCUT2D eigenvalue weighted by Gasteiger charge is 2.20. The topological polar surface area (TPSA) is 45.7 Å². The quantitative estimate of drug-likeness (QED) is 0.529. The van der Waals surface area contributed by atoms with Gasteiger partial charge < -0.3 is 14.5 Å². The lowest BCUT2D eigenvalue weighted by molar-refractivity contribution is -0.126. The predicted molar refractivity (Wildman–Crippen MR) is 127 cm³/mol. The Morgan fingerprint density at radius 3 is 2.65 bits per heavy atom. The van der Waals surface area contributed by atoms with Crippen LogP contribution in [0.3, 0.4) is 0 Å². The molecular weight excluding hydrogens is 406 g/mol. The number of rotatable bonds is 6. The standard InChI is InChI=1S/C25H27N3O2S/c1-19-6-5-8-23(16-19)27-12-14-28(15-13-27)25(29)11-10-21-7-3-4-9-24(21)30-17-22-18-31-20(2)26-22/h3-11,16,18H,12-15,17H2,1-2H3/b11-10+. The van der Waals surface area contributed by atoms with Crippen LogP contribution >= 0.6 is 11.3 Å². The first-order valence-electron chi connectivity index (χ1n) is 10.5. The molecule has 1 amide bonds. The molecule has 2 heterocycles. The minimum Gasteiger partial charge on any atom is -0.487 e. The van der Waals surface area contributed by atoms with Crippen molar-refractivity contribution in [2.75, 3.05) is 31.1 Å². The van der Waals surface area contributed by atoms with Crippen LogP contribution in [0.2, 0.25) is 0 Å². The van der Waals surface area contributed by atoms with Gasteiger partial charge in [-0.3, -0.25) is 4.79 Å². The van der Waals surface area contributed by atoms with Crippen LogP contribution in [0.25, 0.3) is 6.08 Å². The predicted octanol–water partition coefficient (Wildman–Crippen LogP) is 4.70. The van der Waals surface area contributed by atoms with Gasteiger partial charge in [0.15, 0.2) is 0 Å². The molecule has 0 atom stereocenters. The van der Waals surface area contributed by atoms with E-state index in [9.17, 15) is 4.79 Å². The number of aryl methyl sites for hydroxylation is 2. The van der Waals surface area contributed by atoms with Crippen LogP contribution in [-0.4, -0.2) is 42.0 Å². The van der Waals surface area contributed by atoms with E-state index in [1.807, 2.05) is 47.5 Å². The van der Waals surface area contributed by atoms with Crippen molar-refractivity contribution >= 4 is 29.0 Å². The smallest absolute Gasteiger partial charge is 0.246 e. The van der Waals surface area contributed by atoms with Gasteiger partial charge in [-0.05, 0) is 43.7 Å². The Labute approximate surface area is 187 Å². The summed E-state index contributed by atoms with van der Waals surface area (Å²) in [5, 5.41) is 3.04. The van der Waals surface area contributed by atoms with E-state index >= 15 is 0 Å². The summed E-state index contributed by atoms with van der Waals surface area (Å²) in [5.74, 6) is 0.787. The molecule has 1 aliphatic heterocycles. The van der Waals surface area contributed by atoms with Crippen molar-refractivity contribution in [1.82, 2.24) is 9.88 Å². The SMILES string of the molecule is Cc1cccc(N2CCN(C(=O)/C=C/c3ccccc3OCc3csc(C)n3)CC2)c1. The lowest BCUT2D eigenvalue weighted by Crippen LogP contribution is -2.48. The zero-order valence-corrected chi connectivity index (χ0v) is 18.8. The second-order valence-corrected chi connectivity index (χ2v) is 8.73. The maximum atomic E-state index is 12.7. The number of anilines is 1. The Bertz CT molecular complexity index is 1070. The number of aromatic nitrogens is 1. The van der Waals surface area contributed by atoms with Crippen molar-refractivity contribution < 1.29 is 9.53 Å². The number of piperazine rings is 1. The summed E-state index contributed by atoms with van der Waals surface area (Å²) in [6.45, 7) is 7.64. The summed E-state index contributed by atoms with van der Waals surface area (Å²) in [7, 11) is 0. The fourth-order valence-corrected chi connectivity index (χ4v) is 4.25. The molecule has 1 aromatic heterocycles. The lowest BCUT2D eigenvalue weighted by Gasteiger charge is -2.35. The van der Waals surface area contributed by atoms with Crippen LogP contribution < -0.4 is 9.64 Å². The number of nitrogens with zero attached hydrogens (tertiary/aromatic N) is 3. The first kappa shape index (κ1) is 21.1. The molecule has 6 heteroatoms. The van der Waals surface area contributed by atoms with Gasteiger partial charge in [-0.25, -0.2) is 4.98 Å². The molecule has 0 radical (unpaired) electrons. The number of para-hydroxylation sites is 1. The molecule has 0 spiro atoms. The second-order valence-electron chi connectivity index (χ2n) is 7.67. The summed E-state index contributed by atoms with van der Waals surface area (Å²) < 4.78 is 5.95. The van der Waals surface area contributed by atoms with Gasteiger partial charge >= 0.3 is 0 Å². The number of hydrogen-bond acceptors (Lipinski definition) is 5. The van der Waals surface area contributed by atoms with Crippen LogP contribution in [0, 0.1) is 13.8 Å². The van der Waals surface area contributed by atoms with Gasteiger partial charge in [0.05, 0.1) is 10.7 Å². The molecule has 31 heavy (non-hydrogen) atoms. The Morgan fingerprint density at radius 1 is 1.10 bits per heavy atom. The van der Waals surface area contributed by atoms with Crippen LogP contribution in [0.1, 0.15) is 21.8 Å². The Hall–Kier alpha value is -3.12. The Balaban J connectivity index is 1.34. The number of hydrogen-bond donors (Lipinski definition) is 0. The molecule has 0 saturated carbocycles. The van der Waals surface area contributed by atoms with E-state index in [1.54, 1.807) is 17.4 Å². The average Bonchev–Trinajstić information content (AvgIpc) is 3.22. The first-order valence-corrected chi connectivity index (χ1v) is 11.4. The Morgan fingerprint density at radius 2 is 1.90 bits per heavy atom. The highest BCUT2D eigenvalue weighted by Crippen LogP contribution is 2.22. The average molecular weight is 434 g/mol. The summed E-state index contributed by atoms with van der Waals surface area (Å²) in [5.41, 5.74) is 4.29. The Kier molecular flexibility index (Phi) is 6.67. The first-order chi connectivity index (χ1) is 15.1. The van der Waals surface area contributed by atoms with Gasteiger partial charge in [0.1, 0.15) is 12.4 Å². The van der Waals surface area contributed by atoms with Crippen molar-refractivity contribution in [2.24, 2.45) is 0 Å². The number of amides is 1. The van der Waals surface area contributed by atoms with Crippen molar-refractivity contribution in [3.05, 3.63) is 81.8 Å². The van der Waals surface area contributed by atoms with E-state index in [0.717, 1.165) is 48.2 Å². The number of thiazole rings is 1. The number of ether oxygens (including phenoxy) is 1. The molecule has 1 fully saturated rings.